The Balaban J connectivity index is 1.78. The number of carbonyl (C=O) groups excluding carboxylic acids is 1. The SMILES string of the molecule is CN(C)Cc1cnn(-c2ccccc2C(=O)NCc2cn(C)cn2)c1. The number of nitrogens with zero attached hydrogens (tertiary/aromatic N) is 5. The topological polar surface area (TPSA) is 68.0 Å². The van der Waals surface area contributed by atoms with E-state index < -0.39 is 0 Å². The van der Waals surface area contributed by atoms with Crippen LogP contribution in [0.5, 0.6) is 0 Å². The maximum Gasteiger partial charge on any atom is 0.253 e. The molecule has 0 radical (unpaired) electrons. The highest BCUT2D eigenvalue weighted by Gasteiger charge is 2.13. The molecule has 0 spiro atoms. The van der Waals surface area contributed by atoms with Crippen LogP contribution in [-0.2, 0) is 20.1 Å². The molecule has 130 valence electrons. The Bertz CT molecular complexity index is 864. The number of hydrogen-bond acceptors (Lipinski definition) is 4. The maximum atomic E-state index is 12.6. The number of imidazole rings is 1. The third-order valence-corrected chi connectivity index (χ3v) is 3.72. The lowest BCUT2D eigenvalue weighted by Crippen LogP contribution is -2.24. The number of para-hydroxylation sites is 1. The number of carbonyl (C=O) groups is 1. The van der Waals surface area contributed by atoms with Gasteiger partial charge in [0, 0.05) is 31.5 Å². The predicted molar refractivity (Wildman–Crippen MR) is 95.3 cm³/mol. The van der Waals surface area contributed by atoms with Crippen LogP contribution >= 0.6 is 0 Å². The fourth-order valence-corrected chi connectivity index (χ4v) is 2.63. The van der Waals surface area contributed by atoms with Crippen molar-refractivity contribution in [2.24, 2.45) is 7.05 Å². The first-order valence-electron chi connectivity index (χ1n) is 8.05. The van der Waals surface area contributed by atoms with E-state index in [0.29, 0.717) is 12.1 Å². The van der Waals surface area contributed by atoms with Gasteiger partial charge in [-0.15, -0.1) is 0 Å². The molecule has 0 aliphatic rings. The lowest BCUT2D eigenvalue weighted by atomic mass is 10.1. The number of benzene rings is 1. The Hall–Kier alpha value is -2.93. The van der Waals surface area contributed by atoms with Crippen LogP contribution in [-0.4, -0.2) is 44.2 Å². The molecule has 0 saturated heterocycles. The van der Waals surface area contributed by atoms with Gasteiger partial charge < -0.3 is 14.8 Å². The summed E-state index contributed by atoms with van der Waals surface area (Å²) in [5.41, 5.74) is 3.25. The number of aromatic nitrogens is 4. The molecule has 0 saturated carbocycles. The number of aryl methyl sites for hydroxylation is 1. The summed E-state index contributed by atoms with van der Waals surface area (Å²) >= 11 is 0. The van der Waals surface area contributed by atoms with Crippen LogP contribution in [0.25, 0.3) is 5.69 Å². The van der Waals surface area contributed by atoms with Crippen LogP contribution < -0.4 is 5.32 Å². The monoisotopic (exact) mass is 338 g/mol. The fraction of sp³-hybridized carbons (Fsp3) is 0.278. The second kappa shape index (κ2) is 7.31. The zero-order chi connectivity index (χ0) is 17.8. The van der Waals surface area contributed by atoms with E-state index in [1.54, 1.807) is 17.1 Å². The molecule has 1 amide bonds. The van der Waals surface area contributed by atoms with Crippen LogP contribution in [0.3, 0.4) is 0 Å². The molecule has 0 atom stereocenters. The Morgan fingerprint density at radius 1 is 1.24 bits per heavy atom. The molecule has 0 aliphatic heterocycles. The second-order valence-corrected chi connectivity index (χ2v) is 6.26. The molecule has 0 unspecified atom stereocenters. The molecule has 3 rings (SSSR count). The Labute approximate surface area is 146 Å². The van der Waals surface area contributed by atoms with Gasteiger partial charge in [0.05, 0.1) is 36.0 Å². The first-order valence-corrected chi connectivity index (χ1v) is 8.05. The predicted octanol–water partition coefficient (Wildman–Crippen LogP) is 1.60. The molecule has 1 aromatic carbocycles. The molecule has 0 aliphatic carbocycles. The van der Waals surface area contributed by atoms with Gasteiger partial charge in [-0.25, -0.2) is 9.67 Å². The molecule has 7 heteroatoms. The highest BCUT2D eigenvalue weighted by molar-refractivity contribution is 5.97. The zero-order valence-corrected chi connectivity index (χ0v) is 14.7. The van der Waals surface area contributed by atoms with Gasteiger partial charge in [0.25, 0.3) is 5.91 Å². The van der Waals surface area contributed by atoms with E-state index in [1.165, 1.54) is 0 Å². The summed E-state index contributed by atoms with van der Waals surface area (Å²) in [7, 11) is 5.92. The summed E-state index contributed by atoms with van der Waals surface area (Å²) in [5.74, 6) is -0.147. The summed E-state index contributed by atoms with van der Waals surface area (Å²) in [5, 5.41) is 7.31. The average molecular weight is 338 g/mol. The van der Waals surface area contributed by atoms with Crippen LogP contribution in [0.15, 0.2) is 49.2 Å². The van der Waals surface area contributed by atoms with Gasteiger partial charge in [-0.2, -0.15) is 5.10 Å². The van der Waals surface area contributed by atoms with Crippen molar-refractivity contribution in [1.82, 2.24) is 29.5 Å². The zero-order valence-electron chi connectivity index (χ0n) is 14.7. The van der Waals surface area contributed by atoms with Gasteiger partial charge in [0.1, 0.15) is 0 Å². The first kappa shape index (κ1) is 16.9. The van der Waals surface area contributed by atoms with Crippen molar-refractivity contribution < 1.29 is 4.79 Å². The number of hydrogen-bond donors (Lipinski definition) is 1. The van der Waals surface area contributed by atoms with Crippen molar-refractivity contribution in [2.75, 3.05) is 14.1 Å². The van der Waals surface area contributed by atoms with E-state index in [-0.39, 0.29) is 5.91 Å². The normalized spacial score (nSPS) is 11.0. The van der Waals surface area contributed by atoms with Crippen molar-refractivity contribution >= 4 is 5.91 Å². The Morgan fingerprint density at radius 2 is 2.04 bits per heavy atom. The highest BCUT2D eigenvalue weighted by Crippen LogP contribution is 2.15. The molecule has 25 heavy (non-hydrogen) atoms. The van der Waals surface area contributed by atoms with Crippen LogP contribution in [0.1, 0.15) is 21.6 Å². The molecule has 0 fully saturated rings. The van der Waals surface area contributed by atoms with E-state index in [4.69, 9.17) is 0 Å². The minimum atomic E-state index is -0.147. The molecule has 3 aromatic rings. The molecule has 1 N–H and O–H groups in total. The van der Waals surface area contributed by atoms with Gasteiger partial charge in [-0.1, -0.05) is 12.1 Å². The second-order valence-electron chi connectivity index (χ2n) is 6.26. The van der Waals surface area contributed by atoms with E-state index >= 15 is 0 Å². The van der Waals surface area contributed by atoms with Crippen LogP contribution in [0.4, 0.5) is 0 Å². The summed E-state index contributed by atoms with van der Waals surface area (Å²) in [6.45, 7) is 1.19. The van der Waals surface area contributed by atoms with Crippen LogP contribution in [0.2, 0.25) is 0 Å². The molecule has 2 aromatic heterocycles. The summed E-state index contributed by atoms with van der Waals surface area (Å²) in [6.07, 6.45) is 7.37. The van der Waals surface area contributed by atoms with Crippen molar-refractivity contribution in [1.29, 1.82) is 0 Å². The van der Waals surface area contributed by atoms with Gasteiger partial charge in [0.15, 0.2) is 0 Å². The lowest BCUT2D eigenvalue weighted by molar-refractivity contribution is 0.0950. The van der Waals surface area contributed by atoms with E-state index in [9.17, 15) is 4.79 Å². The molecule has 7 nitrogen and oxygen atoms in total. The first-order chi connectivity index (χ1) is 12.0. The number of rotatable bonds is 6. The quantitative estimate of drug-likeness (QED) is 0.741. The Kier molecular flexibility index (Phi) is 4.95. The molecule has 2 heterocycles. The van der Waals surface area contributed by atoms with Crippen molar-refractivity contribution in [3.05, 3.63) is 66.0 Å². The highest BCUT2D eigenvalue weighted by atomic mass is 16.1. The minimum Gasteiger partial charge on any atom is -0.346 e. The van der Waals surface area contributed by atoms with Gasteiger partial charge >= 0.3 is 0 Å². The van der Waals surface area contributed by atoms with Gasteiger partial charge in [-0.3, -0.25) is 4.79 Å². The largest absolute Gasteiger partial charge is 0.346 e. The van der Waals surface area contributed by atoms with E-state index in [1.807, 2.05) is 62.5 Å². The molecular formula is C18H22N6O. The smallest absolute Gasteiger partial charge is 0.253 e. The third kappa shape index (κ3) is 4.13. The fourth-order valence-electron chi connectivity index (χ4n) is 2.63. The standard InChI is InChI=1S/C18H22N6O/c1-22(2)10-14-8-21-24(11-14)17-7-5-4-6-16(17)18(25)19-9-15-12-23(3)13-20-15/h4-8,11-13H,9-10H2,1-3H3,(H,19,25). The molecule has 0 bridgehead atoms. The summed E-state index contributed by atoms with van der Waals surface area (Å²) in [6, 6.07) is 7.44. The summed E-state index contributed by atoms with van der Waals surface area (Å²) in [4.78, 5) is 18.9. The molecular weight excluding hydrogens is 316 g/mol. The van der Waals surface area contributed by atoms with Crippen molar-refractivity contribution in [2.45, 2.75) is 13.1 Å². The number of nitrogens with one attached hydrogen (secondary N) is 1. The van der Waals surface area contributed by atoms with Crippen molar-refractivity contribution in [3.8, 4) is 5.69 Å². The summed E-state index contributed by atoms with van der Waals surface area (Å²) < 4.78 is 3.60. The third-order valence-electron chi connectivity index (χ3n) is 3.72. The van der Waals surface area contributed by atoms with Gasteiger partial charge in [0.2, 0.25) is 0 Å². The van der Waals surface area contributed by atoms with Gasteiger partial charge in [-0.05, 0) is 26.2 Å². The van der Waals surface area contributed by atoms with Crippen molar-refractivity contribution in [3.63, 3.8) is 0 Å². The van der Waals surface area contributed by atoms with E-state index in [0.717, 1.165) is 23.5 Å². The average Bonchev–Trinajstić information content (AvgIpc) is 3.21. The lowest BCUT2D eigenvalue weighted by Gasteiger charge is -2.10. The minimum absolute atomic E-state index is 0.147. The number of amides is 1. The van der Waals surface area contributed by atoms with Crippen LogP contribution in [0, 0.1) is 0 Å². The maximum absolute atomic E-state index is 12.6. The van der Waals surface area contributed by atoms with E-state index in [2.05, 4.69) is 20.3 Å². The Morgan fingerprint density at radius 3 is 2.76 bits per heavy atom.